The zero-order chi connectivity index (χ0) is 15.4. The van der Waals surface area contributed by atoms with E-state index in [1.807, 2.05) is 25.1 Å². The SMILES string of the molecule is CC(=O)Nc1cc(NCc2ccc(C)cc2Br)ccc1C. The summed E-state index contributed by atoms with van der Waals surface area (Å²) in [6.07, 6.45) is 0. The smallest absolute Gasteiger partial charge is 0.221 e. The minimum atomic E-state index is -0.0588. The van der Waals surface area contributed by atoms with Crippen LogP contribution in [-0.4, -0.2) is 5.91 Å². The summed E-state index contributed by atoms with van der Waals surface area (Å²) < 4.78 is 1.10. The Morgan fingerprint density at radius 2 is 1.90 bits per heavy atom. The van der Waals surface area contributed by atoms with Gasteiger partial charge in [0, 0.05) is 29.3 Å². The molecule has 4 heteroatoms. The lowest BCUT2D eigenvalue weighted by molar-refractivity contribution is -0.114. The van der Waals surface area contributed by atoms with Crippen LogP contribution in [0.2, 0.25) is 0 Å². The maximum atomic E-state index is 11.2. The van der Waals surface area contributed by atoms with E-state index in [0.717, 1.165) is 28.0 Å². The van der Waals surface area contributed by atoms with Crippen molar-refractivity contribution in [2.45, 2.75) is 27.3 Å². The number of carbonyl (C=O) groups is 1. The zero-order valence-electron chi connectivity index (χ0n) is 12.5. The maximum Gasteiger partial charge on any atom is 0.221 e. The highest BCUT2D eigenvalue weighted by Gasteiger charge is 2.04. The van der Waals surface area contributed by atoms with Crippen molar-refractivity contribution in [1.82, 2.24) is 0 Å². The molecule has 0 spiro atoms. The third-order valence-corrected chi connectivity index (χ3v) is 3.98. The summed E-state index contributed by atoms with van der Waals surface area (Å²) in [6, 6.07) is 12.3. The molecule has 2 rings (SSSR count). The van der Waals surface area contributed by atoms with Crippen molar-refractivity contribution in [1.29, 1.82) is 0 Å². The van der Waals surface area contributed by atoms with Crippen LogP contribution in [0.25, 0.3) is 0 Å². The summed E-state index contributed by atoms with van der Waals surface area (Å²) in [4.78, 5) is 11.2. The Balaban J connectivity index is 2.11. The van der Waals surface area contributed by atoms with Gasteiger partial charge in [0.15, 0.2) is 0 Å². The molecule has 0 saturated carbocycles. The van der Waals surface area contributed by atoms with Crippen LogP contribution in [0.5, 0.6) is 0 Å². The van der Waals surface area contributed by atoms with Crippen molar-refractivity contribution in [3.05, 3.63) is 57.6 Å². The number of benzene rings is 2. The number of nitrogens with one attached hydrogen (secondary N) is 2. The van der Waals surface area contributed by atoms with E-state index in [2.05, 4.69) is 51.7 Å². The van der Waals surface area contributed by atoms with Crippen LogP contribution in [0.15, 0.2) is 40.9 Å². The van der Waals surface area contributed by atoms with Crippen molar-refractivity contribution in [3.8, 4) is 0 Å². The first kappa shape index (κ1) is 15.6. The van der Waals surface area contributed by atoms with E-state index in [0.29, 0.717) is 0 Å². The largest absolute Gasteiger partial charge is 0.381 e. The molecule has 0 aromatic heterocycles. The van der Waals surface area contributed by atoms with Crippen molar-refractivity contribution in [2.75, 3.05) is 10.6 Å². The number of amides is 1. The molecule has 0 heterocycles. The highest BCUT2D eigenvalue weighted by molar-refractivity contribution is 9.10. The molecule has 0 atom stereocenters. The van der Waals surface area contributed by atoms with Crippen molar-refractivity contribution in [3.63, 3.8) is 0 Å². The van der Waals surface area contributed by atoms with E-state index < -0.39 is 0 Å². The molecule has 2 aromatic carbocycles. The first-order valence-electron chi connectivity index (χ1n) is 6.83. The second kappa shape index (κ2) is 6.76. The standard InChI is InChI=1S/C17H19BrN2O/c1-11-4-6-14(16(18)8-11)10-19-15-7-5-12(2)17(9-15)20-13(3)21/h4-9,19H,10H2,1-3H3,(H,20,21). The van der Waals surface area contributed by atoms with Gasteiger partial charge in [0.05, 0.1) is 0 Å². The Bertz CT molecular complexity index is 668. The van der Waals surface area contributed by atoms with Gasteiger partial charge >= 0.3 is 0 Å². The Morgan fingerprint density at radius 3 is 2.57 bits per heavy atom. The average molecular weight is 347 g/mol. The van der Waals surface area contributed by atoms with Gasteiger partial charge in [-0.3, -0.25) is 4.79 Å². The minimum Gasteiger partial charge on any atom is -0.381 e. The van der Waals surface area contributed by atoms with Crippen LogP contribution in [0.1, 0.15) is 23.6 Å². The topological polar surface area (TPSA) is 41.1 Å². The summed E-state index contributed by atoms with van der Waals surface area (Å²) in [5, 5.41) is 6.22. The van der Waals surface area contributed by atoms with Crippen molar-refractivity contribution < 1.29 is 4.79 Å². The van der Waals surface area contributed by atoms with Gasteiger partial charge in [-0.1, -0.05) is 34.1 Å². The quantitative estimate of drug-likeness (QED) is 0.846. The van der Waals surface area contributed by atoms with Crippen LogP contribution in [0.3, 0.4) is 0 Å². The molecule has 2 aromatic rings. The number of hydrogen-bond donors (Lipinski definition) is 2. The molecule has 1 amide bonds. The summed E-state index contributed by atoms with van der Waals surface area (Å²) in [5.41, 5.74) is 5.30. The molecule has 0 aliphatic heterocycles. The summed E-state index contributed by atoms with van der Waals surface area (Å²) in [6.45, 7) is 6.29. The zero-order valence-corrected chi connectivity index (χ0v) is 14.0. The molecule has 0 radical (unpaired) electrons. The lowest BCUT2D eigenvalue weighted by Crippen LogP contribution is -2.08. The van der Waals surface area contributed by atoms with Crippen molar-refractivity contribution >= 4 is 33.2 Å². The fraction of sp³-hybridized carbons (Fsp3) is 0.235. The second-order valence-electron chi connectivity index (χ2n) is 5.16. The molecule has 110 valence electrons. The number of anilines is 2. The van der Waals surface area contributed by atoms with Gasteiger partial charge in [0.1, 0.15) is 0 Å². The fourth-order valence-electron chi connectivity index (χ4n) is 2.05. The van der Waals surface area contributed by atoms with Gasteiger partial charge in [-0.2, -0.15) is 0 Å². The Kier molecular flexibility index (Phi) is 5.02. The molecule has 0 unspecified atom stereocenters. The molecule has 0 fully saturated rings. The summed E-state index contributed by atoms with van der Waals surface area (Å²) in [7, 11) is 0. The van der Waals surface area contributed by atoms with E-state index in [-0.39, 0.29) is 5.91 Å². The Morgan fingerprint density at radius 1 is 1.14 bits per heavy atom. The third kappa shape index (κ3) is 4.33. The van der Waals surface area contributed by atoms with E-state index in [1.54, 1.807) is 0 Å². The molecule has 0 aliphatic rings. The normalized spacial score (nSPS) is 10.3. The first-order valence-corrected chi connectivity index (χ1v) is 7.62. The highest BCUT2D eigenvalue weighted by Crippen LogP contribution is 2.23. The second-order valence-corrected chi connectivity index (χ2v) is 6.01. The highest BCUT2D eigenvalue weighted by atomic mass is 79.9. The predicted octanol–water partition coefficient (Wildman–Crippen LogP) is 4.64. The Hall–Kier alpha value is -1.81. The van der Waals surface area contributed by atoms with Crippen LogP contribution < -0.4 is 10.6 Å². The van der Waals surface area contributed by atoms with Gasteiger partial charge in [0.2, 0.25) is 5.91 Å². The average Bonchev–Trinajstić information content (AvgIpc) is 2.40. The minimum absolute atomic E-state index is 0.0588. The fourth-order valence-corrected chi connectivity index (χ4v) is 2.68. The van der Waals surface area contributed by atoms with Crippen LogP contribution in [-0.2, 0) is 11.3 Å². The van der Waals surface area contributed by atoms with E-state index in [4.69, 9.17) is 0 Å². The van der Waals surface area contributed by atoms with E-state index in [9.17, 15) is 4.79 Å². The predicted molar refractivity (Wildman–Crippen MR) is 91.7 cm³/mol. The van der Waals surface area contributed by atoms with Gasteiger partial charge < -0.3 is 10.6 Å². The Labute approximate surface area is 133 Å². The molecule has 21 heavy (non-hydrogen) atoms. The van der Waals surface area contributed by atoms with Crippen molar-refractivity contribution in [2.24, 2.45) is 0 Å². The number of halogens is 1. The van der Waals surface area contributed by atoms with Crippen LogP contribution >= 0.6 is 15.9 Å². The van der Waals surface area contributed by atoms with Gasteiger partial charge in [-0.15, -0.1) is 0 Å². The van der Waals surface area contributed by atoms with E-state index in [1.165, 1.54) is 18.1 Å². The van der Waals surface area contributed by atoms with Gasteiger partial charge in [0.25, 0.3) is 0 Å². The molecule has 3 nitrogen and oxygen atoms in total. The van der Waals surface area contributed by atoms with Gasteiger partial charge in [-0.05, 0) is 48.7 Å². The summed E-state index contributed by atoms with van der Waals surface area (Å²) in [5.74, 6) is -0.0588. The maximum absolute atomic E-state index is 11.2. The van der Waals surface area contributed by atoms with Gasteiger partial charge in [-0.25, -0.2) is 0 Å². The molecular formula is C17H19BrN2O. The molecule has 0 bridgehead atoms. The summed E-state index contributed by atoms with van der Waals surface area (Å²) >= 11 is 3.58. The lowest BCUT2D eigenvalue weighted by Gasteiger charge is -2.12. The number of aryl methyl sites for hydroxylation is 2. The molecule has 0 saturated heterocycles. The van der Waals surface area contributed by atoms with E-state index >= 15 is 0 Å². The third-order valence-electron chi connectivity index (χ3n) is 3.24. The first-order chi connectivity index (χ1) is 9.95. The van der Waals surface area contributed by atoms with Crippen LogP contribution in [0.4, 0.5) is 11.4 Å². The van der Waals surface area contributed by atoms with Crippen LogP contribution in [0, 0.1) is 13.8 Å². The molecule has 0 aliphatic carbocycles. The molecule has 2 N–H and O–H groups in total. The number of hydrogen-bond acceptors (Lipinski definition) is 2. The number of rotatable bonds is 4. The lowest BCUT2D eigenvalue weighted by atomic mass is 10.1. The molecular weight excluding hydrogens is 328 g/mol. The number of carbonyl (C=O) groups excluding carboxylic acids is 1. The monoisotopic (exact) mass is 346 g/mol.